The summed E-state index contributed by atoms with van der Waals surface area (Å²) in [5, 5.41) is 5.83. The number of nitrogens with one attached hydrogen (secondary N) is 2. The number of benzene rings is 2. The first-order valence-corrected chi connectivity index (χ1v) is 7.86. The van der Waals surface area contributed by atoms with Crippen LogP contribution in [0.3, 0.4) is 0 Å². The normalized spacial score (nSPS) is 13.4. The fourth-order valence-corrected chi connectivity index (χ4v) is 2.31. The van der Waals surface area contributed by atoms with Crippen molar-refractivity contribution in [1.29, 1.82) is 0 Å². The summed E-state index contributed by atoms with van der Waals surface area (Å²) in [6, 6.07) is 15.2. The van der Waals surface area contributed by atoms with E-state index in [0.29, 0.717) is 18.0 Å². The third kappa shape index (κ3) is 4.42. The first-order valence-electron chi connectivity index (χ1n) is 7.86. The lowest BCUT2D eigenvalue weighted by atomic mass is 10.1. The van der Waals surface area contributed by atoms with Crippen LogP contribution in [0.1, 0.15) is 34.3 Å². The molecule has 0 aromatic heterocycles. The monoisotopic (exact) mass is 308 g/mol. The van der Waals surface area contributed by atoms with Gasteiger partial charge < -0.3 is 10.6 Å². The SMILES string of the molecule is Cc1ccc(C(=O)Nc2ccc(CC(=O)NC3CC3)cc2)cc1. The molecule has 2 aromatic carbocycles. The molecular weight excluding hydrogens is 288 g/mol. The zero-order valence-corrected chi connectivity index (χ0v) is 13.1. The van der Waals surface area contributed by atoms with Gasteiger partial charge in [-0.05, 0) is 49.6 Å². The van der Waals surface area contributed by atoms with E-state index >= 15 is 0 Å². The zero-order chi connectivity index (χ0) is 16.2. The Balaban J connectivity index is 1.57. The maximum Gasteiger partial charge on any atom is 0.255 e. The van der Waals surface area contributed by atoms with E-state index in [2.05, 4.69) is 10.6 Å². The lowest BCUT2D eigenvalue weighted by Gasteiger charge is -2.07. The molecule has 23 heavy (non-hydrogen) atoms. The van der Waals surface area contributed by atoms with E-state index in [-0.39, 0.29) is 11.8 Å². The Bertz CT molecular complexity index is 701. The minimum Gasteiger partial charge on any atom is -0.353 e. The molecule has 0 heterocycles. The molecule has 0 atom stereocenters. The molecule has 0 saturated heterocycles. The fourth-order valence-electron chi connectivity index (χ4n) is 2.31. The highest BCUT2D eigenvalue weighted by atomic mass is 16.2. The number of hydrogen-bond acceptors (Lipinski definition) is 2. The van der Waals surface area contributed by atoms with Crippen molar-refractivity contribution in [2.75, 3.05) is 5.32 Å². The molecule has 118 valence electrons. The quantitative estimate of drug-likeness (QED) is 0.892. The van der Waals surface area contributed by atoms with Gasteiger partial charge in [-0.1, -0.05) is 29.8 Å². The Morgan fingerprint density at radius 2 is 1.65 bits per heavy atom. The maximum atomic E-state index is 12.1. The van der Waals surface area contributed by atoms with Gasteiger partial charge in [0, 0.05) is 17.3 Å². The molecule has 0 radical (unpaired) electrons. The number of anilines is 1. The molecule has 2 aromatic rings. The van der Waals surface area contributed by atoms with Crippen LogP contribution in [0.4, 0.5) is 5.69 Å². The second-order valence-electron chi connectivity index (χ2n) is 6.04. The van der Waals surface area contributed by atoms with Crippen molar-refractivity contribution in [3.63, 3.8) is 0 Å². The van der Waals surface area contributed by atoms with Gasteiger partial charge in [-0.15, -0.1) is 0 Å². The Morgan fingerprint density at radius 3 is 2.26 bits per heavy atom. The van der Waals surface area contributed by atoms with Crippen molar-refractivity contribution in [2.24, 2.45) is 0 Å². The van der Waals surface area contributed by atoms with Crippen LogP contribution in [-0.4, -0.2) is 17.9 Å². The zero-order valence-electron chi connectivity index (χ0n) is 13.1. The van der Waals surface area contributed by atoms with Gasteiger partial charge in [0.1, 0.15) is 0 Å². The topological polar surface area (TPSA) is 58.2 Å². The van der Waals surface area contributed by atoms with Crippen molar-refractivity contribution in [3.8, 4) is 0 Å². The van der Waals surface area contributed by atoms with Crippen molar-refractivity contribution in [1.82, 2.24) is 5.32 Å². The summed E-state index contributed by atoms with van der Waals surface area (Å²) in [5.74, 6) is -0.0758. The summed E-state index contributed by atoms with van der Waals surface area (Å²) in [5.41, 5.74) is 3.41. The van der Waals surface area contributed by atoms with Crippen molar-refractivity contribution in [2.45, 2.75) is 32.2 Å². The van der Waals surface area contributed by atoms with Gasteiger partial charge in [-0.2, -0.15) is 0 Å². The Hall–Kier alpha value is -2.62. The van der Waals surface area contributed by atoms with Crippen LogP contribution in [0.2, 0.25) is 0 Å². The second kappa shape index (κ2) is 6.65. The Labute approximate surface area is 135 Å². The average molecular weight is 308 g/mol. The molecule has 1 fully saturated rings. The minimum atomic E-state index is -0.135. The van der Waals surface area contributed by atoms with Crippen LogP contribution >= 0.6 is 0 Å². The van der Waals surface area contributed by atoms with E-state index in [0.717, 1.165) is 29.7 Å². The molecule has 1 saturated carbocycles. The first-order chi connectivity index (χ1) is 11.1. The van der Waals surface area contributed by atoms with E-state index in [1.54, 1.807) is 12.1 Å². The van der Waals surface area contributed by atoms with E-state index in [1.165, 1.54) is 0 Å². The Kier molecular flexibility index (Phi) is 4.42. The van der Waals surface area contributed by atoms with Crippen molar-refractivity contribution >= 4 is 17.5 Å². The molecule has 3 rings (SSSR count). The van der Waals surface area contributed by atoms with Gasteiger partial charge in [0.05, 0.1) is 6.42 Å². The highest BCUT2D eigenvalue weighted by Crippen LogP contribution is 2.19. The van der Waals surface area contributed by atoms with Gasteiger partial charge in [0.25, 0.3) is 5.91 Å². The fraction of sp³-hybridized carbons (Fsp3) is 0.263. The van der Waals surface area contributed by atoms with Crippen LogP contribution in [0.5, 0.6) is 0 Å². The number of carbonyl (C=O) groups is 2. The van der Waals surface area contributed by atoms with Gasteiger partial charge in [-0.25, -0.2) is 0 Å². The molecule has 0 unspecified atom stereocenters. The summed E-state index contributed by atoms with van der Waals surface area (Å²) >= 11 is 0. The number of carbonyl (C=O) groups excluding carboxylic acids is 2. The summed E-state index contributed by atoms with van der Waals surface area (Å²) in [6.07, 6.45) is 2.56. The van der Waals surface area contributed by atoms with Crippen LogP contribution in [0, 0.1) is 6.92 Å². The lowest BCUT2D eigenvalue weighted by molar-refractivity contribution is -0.120. The average Bonchev–Trinajstić information content (AvgIpc) is 3.33. The van der Waals surface area contributed by atoms with Gasteiger partial charge >= 0.3 is 0 Å². The van der Waals surface area contributed by atoms with Gasteiger partial charge in [-0.3, -0.25) is 9.59 Å². The van der Waals surface area contributed by atoms with E-state index in [9.17, 15) is 9.59 Å². The molecule has 0 bridgehead atoms. The summed E-state index contributed by atoms with van der Waals surface area (Å²) in [6.45, 7) is 1.99. The largest absolute Gasteiger partial charge is 0.353 e. The summed E-state index contributed by atoms with van der Waals surface area (Å²) < 4.78 is 0. The third-order valence-electron chi connectivity index (χ3n) is 3.83. The predicted molar refractivity (Wildman–Crippen MR) is 90.4 cm³/mol. The van der Waals surface area contributed by atoms with Crippen molar-refractivity contribution < 1.29 is 9.59 Å². The minimum absolute atomic E-state index is 0.0592. The molecule has 4 nitrogen and oxygen atoms in total. The van der Waals surface area contributed by atoms with Crippen LogP contribution in [0.25, 0.3) is 0 Å². The summed E-state index contributed by atoms with van der Waals surface area (Å²) in [4.78, 5) is 23.9. The molecule has 4 heteroatoms. The van der Waals surface area contributed by atoms with Crippen LogP contribution < -0.4 is 10.6 Å². The van der Waals surface area contributed by atoms with Gasteiger partial charge in [0.15, 0.2) is 0 Å². The molecule has 0 spiro atoms. The number of amides is 2. The Morgan fingerprint density at radius 1 is 1.00 bits per heavy atom. The molecule has 2 amide bonds. The third-order valence-corrected chi connectivity index (χ3v) is 3.83. The standard InChI is InChI=1S/C19H20N2O2/c1-13-2-6-15(7-3-13)19(23)21-17-8-4-14(5-9-17)12-18(22)20-16-10-11-16/h2-9,16H,10-12H2,1H3,(H,20,22)(H,21,23). The predicted octanol–water partition coefficient (Wildman–Crippen LogP) is 3.07. The van der Waals surface area contributed by atoms with E-state index in [4.69, 9.17) is 0 Å². The summed E-state index contributed by atoms with van der Waals surface area (Å²) in [7, 11) is 0. The molecular formula is C19H20N2O2. The van der Waals surface area contributed by atoms with Crippen LogP contribution in [-0.2, 0) is 11.2 Å². The lowest BCUT2D eigenvalue weighted by Crippen LogP contribution is -2.26. The maximum absolute atomic E-state index is 12.1. The molecule has 0 aliphatic heterocycles. The second-order valence-corrected chi connectivity index (χ2v) is 6.04. The van der Waals surface area contributed by atoms with Gasteiger partial charge in [0.2, 0.25) is 5.91 Å². The number of rotatable bonds is 5. The number of hydrogen-bond donors (Lipinski definition) is 2. The van der Waals surface area contributed by atoms with E-state index < -0.39 is 0 Å². The van der Waals surface area contributed by atoms with E-state index in [1.807, 2.05) is 43.3 Å². The highest BCUT2D eigenvalue weighted by Gasteiger charge is 2.22. The van der Waals surface area contributed by atoms with Crippen molar-refractivity contribution in [3.05, 3.63) is 65.2 Å². The molecule has 1 aliphatic rings. The number of aryl methyl sites for hydroxylation is 1. The smallest absolute Gasteiger partial charge is 0.255 e. The highest BCUT2D eigenvalue weighted by molar-refractivity contribution is 6.04. The van der Waals surface area contributed by atoms with Crippen LogP contribution in [0.15, 0.2) is 48.5 Å². The molecule has 2 N–H and O–H groups in total. The first kappa shape index (κ1) is 15.3. The molecule has 1 aliphatic carbocycles.